The first-order valence-corrected chi connectivity index (χ1v) is 14.1. The SMILES string of the molecule is COc1ccc(-c2ccc(-c3cnn4c(N)c(S(C)(=O)=O)c(C5CC6CCC(C5)N6)nc34)cn2)c(F)c1. The number of fused-ring (bicyclic) bond motifs is 3. The summed E-state index contributed by atoms with van der Waals surface area (Å²) in [6.45, 7) is 0. The van der Waals surface area contributed by atoms with E-state index in [0.717, 1.165) is 31.9 Å². The summed E-state index contributed by atoms with van der Waals surface area (Å²) in [5.41, 5.74) is 9.61. The van der Waals surface area contributed by atoms with Gasteiger partial charge in [-0.05, 0) is 43.9 Å². The summed E-state index contributed by atoms with van der Waals surface area (Å²) in [6, 6.07) is 8.87. The zero-order valence-electron chi connectivity index (χ0n) is 20.5. The molecule has 0 aliphatic carbocycles. The average molecular weight is 523 g/mol. The number of nitrogens with one attached hydrogen (secondary N) is 1. The van der Waals surface area contributed by atoms with Crippen molar-refractivity contribution in [1.82, 2.24) is 24.9 Å². The lowest BCUT2D eigenvalue weighted by Gasteiger charge is -2.30. The number of aromatic nitrogens is 4. The number of sulfone groups is 1. The smallest absolute Gasteiger partial charge is 0.180 e. The predicted octanol–water partition coefficient (Wildman–Crippen LogP) is 3.59. The Morgan fingerprint density at radius 1 is 1.11 bits per heavy atom. The van der Waals surface area contributed by atoms with E-state index in [-0.39, 0.29) is 16.6 Å². The number of nitrogens with two attached hydrogens (primary N) is 1. The molecule has 4 aromatic rings. The molecule has 9 nitrogen and oxygen atoms in total. The Hall–Kier alpha value is -3.57. The summed E-state index contributed by atoms with van der Waals surface area (Å²) >= 11 is 0. The number of halogens is 1. The first-order valence-electron chi connectivity index (χ1n) is 12.2. The number of hydrogen-bond donors (Lipinski definition) is 2. The Labute approximate surface area is 213 Å². The molecule has 2 bridgehead atoms. The molecule has 2 unspecified atom stereocenters. The maximum Gasteiger partial charge on any atom is 0.180 e. The predicted molar refractivity (Wildman–Crippen MR) is 138 cm³/mol. The molecule has 3 aromatic heterocycles. The van der Waals surface area contributed by atoms with Crippen LogP contribution in [0.5, 0.6) is 5.75 Å². The molecule has 2 aliphatic heterocycles. The Morgan fingerprint density at radius 3 is 2.49 bits per heavy atom. The monoisotopic (exact) mass is 522 g/mol. The van der Waals surface area contributed by atoms with Gasteiger partial charge in [0, 0.05) is 53.2 Å². The lowest BCUT2D eigenvalue weighted by molar-refractivity contribution is 0.355. The van der Waals surface area contributed by atoms with E-state index in [1.165, 1.54) is 17.7 Å². The lowest BCUT2D eigenvalue weighted by Crippen LogP contribution is -2.38. The van der Waals surface area contributed by atoms with E-state index in [4.69, 9.17) is 15.5 Å². The number of methoxy groups -OCH3 is 1. The highest BCUT2D eigenvalue weighted by molar-refractivity contribution is 7.91. The quantitative estimate of drug-likeness (QED) is 0.408. The average Bonchev–Trinajstić information content (AvgIpc) is 3.45. The Kier molecular flexibility index (Phi) is 5.64. The minimum atomic E-state index is -3.65. The molecule has 5 heterocycles. The molecular weight excluding hydrogens is 495 g/mol. The number of nitrogen functional groups attached to an aromatic ring is 1. The summed E-state index contributed by atoms with van der Waals surface area (Å²) < 4.78 is 46.7. The van der Waals surface area contributed by atoms with Gasteiger partial charge in [0.1, 0.15) is 22.3 Å². The van der Waals surface area contributed by atoms with Crippen molar-refractivity contribution in [1.29, 1.82) is 0 Å². The van der Waals surface area contributed by atoms with Crippen LogP contribution in [-0.4, -0.2) is 53.4 Å². The molecule has 6 rings (SSSR count). The van der Waals surface area contributed by atoms with Crippen LogP contribution >= 0.6 is 0 Å². The van der Waals surface area contributed by atoms with E-state index in [1.807, 2.05) is 6.07 Å². The van der Waals surface area contributed by atoms with Gasteiger partial charge in [0.05, 0.1) is 24.7 Å². The van der Waals surface area contributed by atoms with Gasteiger partial charge in [0.15, 0.2) is 15.5 Å². The van der Waals surface area contributed by atoms with Gasteiger partial charge >= 0.3 is 0 Å². The maximum atomic E-state index is 14.6. The second kappa shape index (κ2) is 8.77. The molecule has 3 N–H and O–H groups in total. The maximum absolute atomic E-state index is 14.6. The molecule has 0 spiro atoms. The molecule has 11 heteroatoms. The van der Waals surface area contributed by atoms with Gasteiger partial charge in [-0.3, -0.25) is 4.98 Å². The number of anilines is 1. The van der Waals surface area contributed by atoms with Crippen LogP contribution < -0.4 is 15.8 Å². The van der Waals surface area contributed by atoms with Gasteiger partial charge in [0.2, 0.25) is 0 Å². The molecular formula is C26H27FN6O3S. The number of rotatable bonds is 5. The van der Waals surface area contributed by atoms with Crippen LogP contribution in [0.4, 0.5) is 10.2 Å². The van der Waals surface area contributed by atoms with Crippen molar-refractivity contribution in [2.75, 3.05) is 19.1 Å². The second-order valence-corrected chi connectivity index (χ2v) is 11.8. The highest BCUT2D eigenvalue weighted by Crippen LogP contribution is 2.41. The van der Waals surface area contributed by atoms with Crippen molar-refractivity contribution >= 4 is 21.3 Å². The third kappa shape index (κ3) is 4.11. The van der Waals surface area contributed by atoms with Gasteiger partial charge in [-0.25, -0.2) is 17.8 Å². The molecule has 2 atom stereocenters. The normalized spacial score (nSPS) is 21.4. The van der Waals surface area contributed by atoms with Gasteiger partial charge in [-0.2, -0.15) is 9.61 Å². The van der Waals surface area contributed by atoms with Gasteiger partial charge in [0.25, 0.3) is 0 Å². The van der Waals surface area contributed by atoms with Crippen molar-refractivity contribution in [3.05, 3.63) is 54.2 Å². The fraction of sp³-hybridized carbons (Fsp3) is 0.346. The molecule has 2 saturated heterocycles. The van der Waals surface area contributed by atoms with E-state index in [2.05, 4.69) is 15.4 Å². The third-order valence-electron chi connectivity index (χ3n) is 7.42. The highest BCUT2D eigenvalue weighted by atomic mass is 32.2. The van der Waals surface area contributed by atoms with Crippen molar-refractivity contribution in [3.63, 3.8) is 0 Å². The van der Waals surface area contributed by atoms with Crippen LogP contribution in [0.1, 0.15) is 37.3 Å². The fourth-order valence-electron chi connectivity index (χ4n) is 5.70. The van der Waals surface area contributed by atoms with E-state index in [0.29, 0.717) is 51.6 Å². The number of hydrogen-bond acceptors (Lipinski definition) is 8. The van der Waals surface area contributed by atoms with Gasteiger partial charge < -0.3 is 15.8 Å². The molecule has 192 valence electrons. The summed E-state index contributed by atoms with van der Waals surface area (Å²) in [5.74, 6) is 0.0411. The van der Waals surface area contributed by atoms with E-state index in [1.54, 1.807) is 30.6 Å². The molecule has 1 aromatic carbocycles. The number of ether oxygens (including phenoxy) is 1. The zero-order chi connectivity index (χ0) is 25.9. The Morgan fingerprint density at radius 2 is 1.86 bits per heavy atom. The number of pyridine rings is 1. The lowest BCUT2D eigenvalue weighted by atomic mass is 9.89. The van der Waals surface area contributed by atoms with Crippen LogP contribution in [-0.2, 0) is 9.84 Å². The summed E-state index contributed by atoms with van der Waals surface area (Å²) in [6.07, 6.45) is 8.18. The van der Waals surface area contributed by atoms with Crippen molar-refractivity contribution in [3.8, 4) is 28.1 Å². The third-order valence-corrected chi connectivity index (χ3v) is 8.58. The number of benzene rings is 1. The van der Waals surface area contributed by atoms with Crippen molar-refractivity contribution in [2.24, 2.45) is 0 Å². The Bertz CT molecular complexity index is 1610. The fourth-order valence-corrected chi connectivity index (χ4v) is 6.76. The number of nitrogens with zero attached hydrogens (tertiary/aromatic N) is 4. The summed E-state index contributed by atoms with van der Waals surface area (Å²) in [7, 11) is -2.16. The summed E-state index contributed by atoms with van der Waals surface area (Å²) in [4.78, 5) is 9.41. The van der Waals surface area contributed by atoms with E-state index in [9.17, 15) is 12.8 Å². The first kappa shape index (κ1) is 23.8. The van der Waals surface area contributed by atoms with Crippen molar-refractivity contribution in [2.45, 2.75) is 48.6 Å². The zero-order valence-corrected chi connectivity index (χ0v) is 21.3. The van der Waals surface area contributed by atoms with Crippen LogP contribution in [0.2, 0.25) is 0 Å². The van der Waals surface area contributed by atoms with E-state index < -0.39 is 15.7 Å². The van der Waals surface area contributed by atoms with Crippen LogP contribution in [0.25, 0.3) is 28.0 Å². The Balaban J connectivity index is 1.44. The molecule has 0 amide bonds. The van der Waals surface area contributed by atoms with E-state index >= 15 is 0 Å². The van der Waals surface area contributed by atoms with Crippen LogP contribution in [0.3, 0.4) is 0 Å². The molecule has 0 saturated carbocycles. The highest BCUT2D eigenvalue weighted by Gasteiger charge is 2.38. The van der Waals surface area contributed by atoms with Crippen LogP contribution in [0.15, 0.2) is 47.6 Å². The minimum absolute atomic E-state index is 0.0166. The molecule has 37 heavy (non-hydrogen) atoms. The van der Waals surface area contributed by atoms with Crippen LogP contribution in [0, 0.1) is 5.82 Å². The summed E-state index contributed by atoms with van der Waals surface area (Å²) in [5, 5.41) is 7.96. The second-order valence-electron chi connectivity index (χ2n) is 9.86. The molecule has 2 fully saturated rings. The van der Waals surface area contributed by atoms with Crippen molar-refractivity contribution < 1.29 is 17.5 Å². The van der Waals surface area contributed by atoms with Gasteiger partial charge in [-0.15, -0.1) is 0 Å². The largest absolute Gasteiger partial charge is 0.497 e. The standard InChI is InChI=1S/C26H27FN6O3S/c1-36-18-6-7-19(21(27)11-18)22-8-3-14(12-29-22)20-13-30-33-25(28)24(37(2,34)35)23(32-26(20)33)15-9-16-4-5-17(10-15)31-16/h3,6-8,11-13,15-17,31H,4-5,9-10,28H2,1-2H3. The minimum Gasteiger partial charge on any atom is -0.497 e. The molecule has 2 aliphatic rings. The first-order chi connectivity index (χ1) is 17.7. The number of piperidine rings is 1. The molecule has 0 radical (unpaired) electrons. The van der Waals surface area contributed by atoms with Gasteiger partial charge in [-0.1, -0.05) is 6.07 Å². The topological polar surface area (TPSA) is 124 Å².